The predicted octanol–water partition coefficient (Wildman–Crippen LogP) is 1.83. The molecular formula is C15H18N2O4S. The first-order valence-corrected chi connectivity index (χ1v) is 7.28. The van der Waals surface area contributed by atoms with Gasteiger partial charge >= 0.3 is 5.97 Å². The average Bonchev–Trinajstić information content (AvgIpc) is 2.45. The van der Waals surface area contributed by atoms with Gasteiger partial charge < -0.3 is 15.3 Å². The molecule has 0 radical (unpaired) electrons. The second-order valence-corrected chi connectivity index (χ2v) is 6.01. The molecule has 2 amide bonds. The van der Waals surface area contributed by atoms with Crippen LogP contribution in [-0.2, 0) is 14.4 Å². The third-order valence-corrected chi connectivity index (χ3v) is 3.83. The summed E-state index contributed by atoms with van der Waals surface area (Å²) < 4.78 is 0. The van der Waals surface area contributed by atoms with Crippen LogP contribution in [0.15, 0.2) is 41.3 Å². The van der Waals surface area contributed by atoms with E-state index in [9.17, 15) is 14.4 Å². The number of carbonyl (C=O) groups excluding carboxylic acids is 2. The second kappa shape index (κ2) is 7.65. The normalized spacial score (nSPS) is 11.4. The lowest BCUT2D eigenvalue weighted by Gasteiger charge is -2.16. The van der Waals surface area contributed by atoms with Crippen LogP contribution in [0.25, 0.3) is 0 Å². The van der Waals surface area contributed by atoms with Gasteiger partial charge in [-0.15, -0.1) is 11.8 Å². The number of benzene rings is 1. The molecule has 0 aliphatic carbocycles. The van der Waals surface area contributed by atoms with E-state index < -0.39 is 17.1 Å². The molecule has 0 saturated carbocycles. The Hall–Kier alpha value is -2.28. The van der Waals surface area contributed by atoms with Crippen LogP contribution in [0.3, 0.4) is 0 Å². The number of amides is 2. The zero-order valence-electron chi connectivity index (χ0n) is 12.6. The van der Waals surface area contributed by atoms with Crippen molar-refractivity contribution in [2.24, 2.45) is 0 Å². The molecule has 0 aliphatic rings. The first kappa shape index (κ1) is 17.8. The van der Waals surface area contributed by atoms with Gasteiger partial charge in [0, 0.05) is 30.3 Å². The zero-order chi connectivity index (χ0) is 16.9. The van der Waals surface area contributed by atoms with Crippen molar-refractivity contribution in [3.05, 3.63) is 36.4 Å². The number of rotatable bonds is 6. The van der Waals surface area contributed by atoms with Gasteiger partial charge in [-0.25, -0.2) is 0 Å². The molecule has 22 heavy (non-hydrogen) atoms. The lowest BCUT2D eigenvalue weighted by molar-refractivity contribution is -0.142. The molecule has 0 heterocycles. The number of nitrogens with zero attached hydrogens (tertiary/aromatic N) is 1. The minimum Gasteiger partial charge on any atom is -0.480 e. The highest BCUT2D eigenvalue weighted by atomic mass is 32.2. The summed E-state index contributed by atoms with van der Waals surface area (Å²) in [6.45, 7) is 5.14. The summed E-state index contributed by atoms with van der Waals surface area (Å²) in [5, 5.41) is 10.6. The second-order valence-electron chi connectivity index (χ2n) is 4.83. The fraction of sp³-hybridized carbons (Fsp3) is 0.267. The molecule has 1 unspecified atom stereocenters. The fourth-order valence-electron chi connectivity index (χ4n) is 1.43. The third-order valence-electron chi connectivity index (χ3n) is 2.64. The maximum Gasteiger partial charge on any atom is 0.326 e. The molecule has 0 spiro atoms. The molecular weight excluding hydrogens is 304 g/mol. The van der Waals surface area contributed by atoms with Crippen LogP contribution < -0.4 is 5.32 Å². The van der Waals surface area contributed by atoms with Crippen molar-refractivity contribution in [2.75, 3.05) is 19.4 Å². The first-order valence-electron chi connectivity index (χ1n) is 6.40. The van der Waals surface area contributed by atoms with Gasteiger partial charge in [0.1, 0.15) is 0 Å². The lowest BCUT2D eigenvalue weighted by atomic mass is 10.3. The minimum atomic E-state index is -1.20. The predicted molar refractivity (Wildman–Crippen MR) is 85.9 cm³/mol. The monoisotopic (exact) mass is 322 g/mol. The Kier molecular flexibility index (Phi) is 6.18. The Morgan fingerprint density at radius 2 is 1.77 bits per heavy atom. The van der Waals surface area contributed by atoms with E-state index in [1.165, 1.54) is 19.0 Å². The van der Waals surface area contributed by atoms with Gasteiger partial charge in [0.25, 0.3) is 5.91 Å². The molecule has 1 aromatic rings. The van der Waals surface area contributed by atoms with Gasteiger partial charge in [-0.2, -0.15) is 0 Å². The van der Waals surface area contributed by atoms with Crippen molar-refractivity contribution in [1.82, 2.24) is 4.90 Å². The van der Waals surface area contributed by atoms with Gasteiger partial charge in [0.2, 0.25) is 5.91 Å². The van der Waals surface area contributed by atoms with Gasteiger partial charge in [-0.05, 0) is 31.2 Å². The van der Waals surface area contributed by atoms with E-state index in [0.29, 0.717) is 16.2 Å². The highest BCUT2D eigenvalue weighted by Gasteiger charge is 2.28. The molecule has 7 heteroatoms. The van der Waals surface area contributed by atoms with E-state index in [1.807, 2.05) is 0 Å². The van der Waals surface area contributed by atoms with Gasteiger partial charge in [-0.3, -0.25) is 14.4 Å². The third kappa shape index (κ3) is 4.92. The number of aliphatic carboxylic acids is 1. The highest BCUT2D eigenvalue weighted by Crippen LogP contribution is 2.26. The van der Waals surface area contributed by atoms with Gasteiger partial charge in [0.05, 0.1) is 0 Å². The van der Waals surface area contributed by atoms with E-state index >= 15 is 0 Å². The molecule has 0 aliphatic heterocycles. The highest BCUT2D eigenvalue weighted by molar-refractivity contribution is 8.01. The first-order chi connectivity index (χ1) is 10.2. The summed E-state index contributed by atoms with van der Waals surface area (Å²) in [7, 11) is 3.02. The van der Waals surface area contributed by atoms with Crippen LogP contribution >= 0.6 is 11.8 Å². The quantitative estimate of drug-likeness (QED) is 0.474. The van der Waals surface area contributed by atoms with E-state index in [4.69, 9.17) is 5.11 Å². The molecule has 118 valence electrons. The number of carbonyl (C=O) groups is 3. The maximum atomic E-state index is 11.8. The molecule has 1 atom stereocenters. The molecule has 6 nitrogen and oxygen atoms in total. The van der Waals surface area contributed by atoms with E-state index in [1.54, 1.807) is 31.2 Å². The number of hydrogen-bond acceptors (Lipinski definition) is 4. The van der Waals surface area contributed by atoms with Crippen molar-refractivity contribution in [1.29, 1.82) is 0 Å². The SMILES string of the molecule is C=C(C)C(=O)Nc1ccc(SC(C(=O)O)C(=O)N(C)C)cc1. The summed E-state index contributed by atoms with van der Waals surface area (Å²) in [5.74, 6) is -1.97. The molecule has 1 aromatic carbocycles. The number of carboxylic acid groups (broad SMARTS) is 1. The number of hydrogen-bond donors (Lipinski definition) is 2. The Balaban J connectivity index is 2.81. The lowest BCUT2D eigenvalue weighted by Crippen LogP contribution is -2.36. The Morgan fingerprint density at radius 3 is 2.18 bits per heavy atom. The van der Waals surface area contributed by atoms with Crippen molar-refractivity contribution < 1.29 is 19.5 Å². The number of carboxylic acids is 1. The van der Waals surface area contributed by atoms with Gasteiger partial charge in [0.15, 0.2) is 5.25 Å². The standard InChI is InChI=1S/C15H18N2O4S/c1-9(2)13(18)16-10-5-7-11(8-6-10)22-12(15(20)21)14(19)17(3)4/h5-8,12H,1H2,2-4H3,(H,16,18)(H,20,21). The van der Waals surface area contributed by atoms with Crippen LogP contribution in [0.5, 0.6) is 0 Å². The van der Waals surface area contributed by atoms with Crippen molar-refractivity contribution in [3.8, 4) is 0 Å². The van der Waals surface area contributed by atoms with Crippen LogP contribution in [0.2, 0.25) is 0 Å². The van der Waals surface area contributed by atoms with Crippen molar-refractivity contribution >= 4 is 35.2 Å². The molecule has 0 aromatic heterocycles. The van der Waals surface area contributed by atoms with Crippen molar-refractivity contribution in [2.45, 2.75) is 17.1 Å². The van der Waals surface area contributed by atoms with Crippen LogP contribution in [0.4, 0.5) is 5.69 Å². The number of nitrogens with one attached hydrogen (secondary N) is 1. The fourth-order valence-corrected chi connectivity index (χ4v) is 2.41. The van der Waals surface area contributed by atoms with Crippen LogP contribution in [0.1, 0.15) is 6.92 Å². The largest absolute Gasteiger partial charge is 0.480 e. The van der Waals surface area contributed by atoms with E-state index in [2.05, 4.69) is 11.9 Å². The zero-order valence-corrected chi connectivity index (χ0v) is 13.4. The average molecular weight is 322 g/mol. The topological polar surface area (TPSA) is 86.7 Å². The van der Waals surface area contributed by atoms with E-state index in [0.717, 1.165) is 11.8 Å². The molecule has 0 fully saturated rings. The van der Waals surface area contributed by atoms with Crippen LogP contribution in [0, 0.1) is 0 Å². The summed E-state index contributed by atoms with van der Waals surface area (Å²) in [4.78, 5) is 36.4. The summed E-state index contributed by atoms with van der Waals surface area (Å²) in [5.41, 5.74) is 0.962. The Morgan fingerprint density at radius 1 is 1.23 bits per heavy atom. The summed E-state index contributed by atoms with van der Waals surface area (Å²) >= 11 is 0.946. The van der Waals surface area contributed by atoms with Gasteiger partial charge in [-0.1, -0.05) is 6.58 Å². The minimum absolute atomic E-state index is 0.286. The molecule has 0 saturated heterocycles. The number of thioether (sulfide) groups is 1. The van der Waals surface area contributed by atoms with Crippen LogP contribution in [-0.4, -0.2) is 47.1 Å². The summed E-state index contributed by atoms with van der Waals surface area (Å²) in [6.07, 6.45) is 0. The van der Waals surface area contributed by atoms with E-state index in [-0.39, 0.29) is 5.91 Å². The Labute approximate surface area is 133 Å². The molecule has 0 bridgehead atoms. The molecule has 1 rings (SSSR count). The Bertz CT molecular complexity index is 596. The smallest absolute Gasteiger partial charge is 0.326 e. The molecule has 2 N–H and O–H groups in total. The summed E-state index contributed by atoms with van der Waals surface area (Å²) in [6, 6.07) is 6.58. The maximum absolute atomic E-state index is 11.8. The number of anilines is 1. The van der Waals surface area contributed by atoms with Crippen molar-refractivity contribution in [3.63, 3.8) is 0 Å².